The zero-order valence-electron chi connectivity index (χ0n) is 18.2. The van der Waals surface area contributed by atoms with Crippen molar-refractivity contribution in [1.29, 1.82) is 5.26 Å². The summed E-state index contributed by atoms with van der Waals surface area (Å²) in [5.74, 6) is 1.19. The van der Waals surface area contributed by atoms with Gasteiger partial charge in [-0.25, -0.2) is 9.97 Å². The summed E-state index contributed by atoms with van der Waals surface area (Å²) in [4.78, 5) is 34.3. The summed E-state index contributed by atoms with van der Waals surface area (Å²) in [6.07, 6.45) is 9.06. The lowest BCUT2D eigenvalue weighted by Gasteiger charge is -2.30. The third kappa shape index (κ3) is 5.79. The predicted molar refractivity (Wildman–Crippen MR) is 123 cm³/mol. The number of nitriles is 1. The van der Waals surface area contributed by atoms with E-state index in [1.54, 1.807) is 30.6 Å². The van der Waals surface area contributed by atoms with Crippen LogP contribution in [-0.4, -0.2) is 47.4 Å². The van der Waals surface area contributed by atoms with Gasteiger partial charge in [0.15, 0.2) is 0 Å². The van der Waals surface area contributed by atoms with Gasteiger partial charge in [0.1, 0.15) is 18.1 Å². The Hall–Kier alpha value is -3.18. The normalized spacial score (nSPS) is 21.2. The van der Waals surface area contributed by atoms with E-state index < -0.39 is 0 Å². The molecule has 0 bridgehead atoms. The number of hydrogen-bond acceptors (Lipinski definition) is 7. The summed E-state index contributed by atoms with van der Waals surface area (Å²) in [6.45, 7) is 1.49. The van der Waals surface area contributed by atoms with Gasteiger partial charge in [-0.2, -0.15) is 5.26 Å². The first-order valence-electron chi connectivity index (χ1n) is 11.2. The fourth-order valence-corrected chi connectivity index (χ4v) is 4.50. The van der Waals surface area contributed by atoms with Gasteiger partial charge in [-0.1, -0.05) is 11.6 Å². The highest BCUT2D eigenvalue weighted by Crippen LogP contribution is 2.27. The average molecular weight is 468 g/mol. The molecule has 1 aromatic carbocycles. The molecule has 1 aliphatic carbocycles. The van der Waals surface area contributed by atoms with Gasteiger partial charge in [-0.05, 0) is 50.7 Å². The minimum atomic E-state index is -0.176. The van der Waals surface area contributed by atoms with Crippen LogP contribution in [0.5, 0.6) is 5.75 Å². The standard InChI is InChI=1S/C24H26ClN5O3/c25-22-11-21(4-1-17(22)12-26)33-20-5-2-19(3-6-20)29-23(32)18-13-27-24(28-14-18)30-9-7-16(15-31)8-10-30/h1,4,11,13-16,19-20H,2-3,5-10H2,(H,29,32). The number of aromatic nitrogens is 2. The molecule has 4 rings (SSSR count). The fraction of sp³-hybridized carbons (Fsp3) is 0.458. The van der Waals surface area contributed by atoms with Crippen LogP contribution in [0.3, 0.4) is 0 Å². The Morgan fingerprint density at radius 2 is 1.85 bits per heavy atom. The van der Waals surface area contributed by atoms with E-state index in [9.17, 15) is 9.59 Å². The van der Waals surface area contributed by atoms with Crippen LogP contribution in [0.15, 0.2) is 30.6 Å². The molecule has 1 aliphatic heterocycles. The average Bonchev–Trinajstić information content (AvgIpc) is 2.85. The van der Waals surface area contributed by atoms with Gasteiger partial charge in [-0.15, -0.1) is 0 Å². The molecule has 1 N–H and O–H groups in total. The van der Waals surface area contributed by atoms with Gasteiger partial charge in [-0.3, -0.25) is 4.79 Å². The smallest absolute Gasteiger partial charge is 0.254 e. The molecule has 0 spiro atoms. The van der Waals surface area contributed by atoms with E-state index in [2.05, 4.69) is 15.3 Å². The van der Waals surface area contributed by atoms with Crippen molar-refractivity contribution in [2.24, 2.45) is 5.92 Å². The van der Waals surface area contributed by atoms with Crippen molar-refractivity contribution >= 4 is 29.7 Å². The number of benzene rings is 1. The van der Waals surface area contributed by atoms with Gasteiger partial charge < -0.3 is 19.7 Å². The summed E-state index contributed by atoms with van der Waals surface area (Å²) >= 11 is 6.08. The third-order valence-corrected chi connectivity index (χ3v) is 6.60. The van der Waals surface area contributed by atoms with Crippen molar-refractivity contribution in [3.63, 3.8) is 0 Å². The fourth-order valence-electron chi connectivity index (χ4n) is 4.28. The molecule has 33 heavy (non-hydrogen) atoms. The quantitative estimate of drug-likeness (QED) is 0.647. The van der Waals surface area contributed by atoms with Crippen molar-refractivity contribution in [3.05, 3.63) is 46.7 Å². The summed E-state index contributed by atoms with van der Waals surface area (Å²) in [6, 6.07) is 7.19. The molecule has 8 nitrogen and oxygen atoms in total. The molecule has 172 valence electrons. The molecule has 1 saturated carbocycles. The van der Waals surface area contributed by atoms with Gasteiger partial charge in [0.05, 0.1) is 22.3 Å². The second kappa shape index (κ2) is 10.6. The lowest BCUT2D eigenvalue weighted by atomic mass is 9.92. The Labute approximate surface area is 197 Å². The molecular weight excluding hydrogens is 442 g/mol. The van der Waals surface area contributed by atoms with E-state index in [0.29, 0.717) is 27.8 Å². The van der Waals surface area contributed by atoms with Crippen molar-refractivity contribution in [2.45, 2.75) is 50.7 Å². The number of aldehydes is 1. The van der Waals surface area contributed by atoms with Gasteiger partial charge >= 0.3 is 0 Å². The molecule has 2 aromatic rings. The van der Waals surface area contributed by atoms with Crippen LogP contribution in [0.1, 0.15) is 54.4 Å². The number of carbonyl (C=O) groups is 2. The zero-order chi connectivity index (χ0) is 23.2. The number of piperidine rings is 1. The van der Waals surface area contributed by atoms with E-state index in [1.807, 2.05) is 11.0 Å². The number of amides is 1. The summed E-state index contributed by atoms with van der Waals surface area (Å²) < 4.78 is 6.01. The highest BCUT2D eigenvalue weighted by Gasteiger charge is 2.25. The molecule has 2 heterocycles. The first-order chi connectivity index (χ1) is 16.1. The highest BCUT2D eigenvalue weighted by atomic mass is 35.5. The molecular formula is C24H26ClN5O3. The van der Waals surface area contributed by atoms with Crippen LogP contribution >= 0.6 is 11.6 Å². The Bertz CT molecular complexity index is 1020. The molecule has 2 fully saturated rings. The van der Waals surface area contributed by atoms with Crippen LogP contribution in [0, 0.1) is 17.2 Å². The number of carbonyl (C=O) groups excluding carboxylic acids is 2. The van der Waals surface area contributed by atoms with Crippen LogP contribution < -0.4 is 15.0 Å². The lowest BCUT2D eigenvalue weighted by molar-refractivity contribution is -0.111. The Morgan fingerprint density at radius 3 is 2.45 bits per heavy atom. The van der Waals surface area contributed by atoms with E-state index in [1.165, 1.54) is 0 Å². The number of anilines is 1. The van der Waals surface area contributed by atoms with Crippen molar-refractivity contribution in [1.82, 2.24) is 15.3 Å². The Morgan fingerprint density at radius 1 is 1.15 bits per heavy atom. The van der Waals surface area contributed by atoms with E-state index >= 15 is 0 Å². The predicted octanol–water partition coefficient (Wildman–Crippen LogP) is 3.54. The SMILES string of the molecule is N#Cc1ccc(OC2CCC(NC(=O)c3cnc(N4CCC(C=O)CC4)nc3)CC2)cc1Cl. The Kier molecular flexibility index (Phi) is 7.40. The maximum absolute atomic E-state index is 12.6. The van der Waals surface area contributed by atoms with Crippen LogP contribution in [0.25, 0.3) is 0 Å². The van der Waals surface area contributed by atoms with E-state index in [4.69, 9.17) is 21.6 Å². The number of rotatable bonds is 6. The number of halogens is 1. The monoisotopic (exact) mass is 467 g/mol. The maximum Gasteiger partial charge on any atom is 0.254 e. The first kappa shape index (κ1) is 23.0. The summed E-state index contributed by atoms with van der Waals surface area (Å²) in [5.41, 5.74) is 0.863. The number of nitrogens with zero attached hydrogens (tertiary/aromatic N) is 4. The maximum atomic E-state index is 12.6. The van der Waals surface area contributed by atoms with Gasteiger partial charge in [0.25, 0.3) is 5.91 Å². The molecule has 0 radical (unpaired) electrons. The van der Waals surface area contributed by atoms with Crippen molar-refractivity contribution in [2.75, 3.05) is 18.0 Å². The number of ether oxygens (including phenoxy) is 1. The van der Waals surface area contributed by atoms with Gasteiger partial charge in [0.2, 0.25) is 5.95 Å². The van der Waals surface area contributed by atoms with Gasteiger partial charge in [0, 0.05) is 43.5 Å². The van der Waals surface area contributed by atoms with Crippen molar-refractivity contribution < 1.29 is 14.3 Å². The van der Waals surface area contributed by atoms with Crippen LogP contribution in [0.4, 0.5) is 5.95 Å². The number of nitrogens with one attached hydrogen (secondary N) is 1. The minimum Gasteiger partial charge on any atom is -0.490 e. The molecule has 0 atom stereocenters. The molecule has 9 heteroatoms. The second-order valence-corrected chi connectivity index (χ2v) is 8.96. The summed E-state index contributed by atoms with van der Waals surface area (Å²) in [5, 5.41) is 12.4. The number of hydrogen-bond donors (Lipinski definition) is 1. The second-order valence-electron chi connectivity index (χ2n) is 8.55. The first-order valence-corrected chi connectivity index (χ1v) is 11.6. The van der Waals surface area contributed by atoms with E-state index in [0.717, 1.165) is 57.9 Å². The van der Waals surface area contributed by atoms with Crippen LogP contribution in [0.2, 0.25) is 5.02 Å². The Balaban J connectivity index is 1.24. The molecule has 0 unspecified atom stereocenters. The lowest BCUT2D eigenvalue weighted by Crippen LogP contribution is -2.40. The highest BCUT2D eigenvalue weighted by molar-refractivity contribution is 6.31. The van der Waals surface area contributed by atoms with E-state index in [-0.39, 0.29) is 24.0 Å². The third-order valence-electron chi connectivity index (χ3n) is 6.29. The molecule has 1 saturated heterocycles. The molecule has 2 aliphatic rings. The largest absolute Gasteiger partial charge is 0.490 e. The minimum absolute atomic E-state index is 0.0492. The molecule has 1 amide bonds. The zero-order valence-corrected chi connectivity index (χ0v) is 19.0. The van der Waals surface area contributed by atoms with Crippen LogP contribution in [-0.2, 0) is 4.79 Å². The molecule has 1 aromatic heterocycles. The summed E-state index contributed by atoms with van der Waals surface area (Å²) in [7, 11) is 0. The topological polar surface area (TPSA) is 108 Å². The van der Waals surface area contributed by atoms with Crippen molar-refractivity contribution in [3.8, 4) is 11.8 Å².